The molecule has 0 saturated carbocycles. The zero-order valence-electron chi connectivity index (χ0n) is 11.9. The van der Waals surface area contributed by atoms with Crippen molar-refractivity contribution in [2.75, 3.05) is 0 Å². The molecule has 0 radical (unpaired) electrons. The summed E-state index contributed by atoms with van der Waals surface area (Å²) in [5.41, 5.74) is 1.60. The summed E-state index contributed by atoms with van der Waals surface area (Å²) in [6, 6.07) is 25.4. The fourth-order valence-corrected chi connectivity index (χ4v) is 2.92. The third-order valence-corrected chi connectivity index (χ3v) is 4.19. The van der Waals surface area contributed by atoms with Gasteiger partial charge in [-0.25, -0.2) is 0 Å². The monoisotopic (exact) mass is 305 g/mol. The molecule has 0 heterocycles. The van der Waals surface area contributed by atoms with E-state index in [4.69, 9.17) is 0 Å². The molecule has 108 valence electrons. The highest BCUT2D eigenvalue weighted by Crippen LogP contribution is 2.34. The molecule has 3 aromatic carbocycles. The number of hydrogen-bond acceptors (Lipinski definition) is 3. The molecular formula is C19H15NOS. The average molecular weight is 305 g/mol. The Morgan fingerprint density at radius 1 is 0.773 bits per heavy atom. The summed E-state index contributed by atoms with van der Waals surface area (Å²) in [4.78, 5) is 6.79. The van der Waals surface area contributed by atoms with Gasteiger partial charge in [-0.1, -0.05) is 54.2 Å². The van der Waals surface area contributed by atoms with Gasteiger partial charge in [0.15, 0.2) is 0 Å². The molecule has 0 bridgehead atoms. The number of nitrogens with zero attached hydrogens (tertiary/aromatic N) is 1. The number of para-hydroxylation sites is 2. The van der Waals surface area contributed by atoms with Crippen molar-refractivity contribution < 1.29 is 5.11 Å². The van der Waals surface area contributed by atoms with E-state index in [9.17, 15) is 5.11 Å². The number of benzene rings is 3. The minimum Gasteiger partial charge on any atom is -0.507 e. The van der Waals surface area contributed by atoms with E-state index in [0.717, 1.165) is 10.6 Å². The second kappa shape index (κ2) is 6.96. The van der Waals surface area contributed by atoms with Gasteiger partial charge in [0.2, 0.25) is 0 Å². The molecule has 3 rings (SSSR count). The molecule has 2 nitrogen and oxygen atoms in total. The van der Waals surface area contributed by atoms with Crippen LogP contribution in [0.2, 0.25) is 0 Å². The molecule has 0 spiro atoms. The smallest absolute Gasteiger partial charge is 0.124 e. The highest BCUT2D eigenvalue weighted by molar-refractivity contribution is 7.99. The van der Waals surface area contributed by atoms with E-state index in [2.05, 4.69) is 23.2 Å². The van der Waals surface area contributed by atoms with Crippen LogP contribution in [0.1, 0.15) is 5.56 Å². The zero-order valence-corrected chi connectivity index (χ0v) is 12.7. The summed E-state index contributed by atoms with van der Waals surface area (Å²) < 4.78 is 0. The lowest BCUT2D eigenvalue weighted by Crippen LogP contribution is -1.82. The zero-order chi connectivity index (χ0) is 15.2. The second-order valence-electron chi connectivity index (χ2n) is 4.70. The van der Waals surface area contributed by atoms with Gasteiger partial charge in [0.05, 0.1) is 5.69 Å². The van der Waals surface area contributed by atoms with Crippen molar-refractivity contribution in [3.8, 4) is 5.75 Å². The number of aliphatic imine (C=N–C) groups is 1. The third kappa shape index (κ3) is 3.57. The van der Waals surface area contributed by atoms with Crippen LogP contribution in [-0.2, 0) is 0 Å². The van der Waals surface area contributed by atoms with Crippen LogP contribution in [0, 0.1) is 0 Å². The van der Waals surface area contributed by atoms with Crippen LogP contribution in [0.5, 0.6) is 5.75 Å². The molecule has 0 saturated heterocycles. The first-order valence-corrected chi connectivity index (χ1v) is 7.78. The lowest BCUT2D eigenvalue weighted by molar-refractivity contribution is 0.474. The lowest BCUT2D eigenvalue weighted by Gasteiger charge is -2.05. The van der Waals surface area contributed by atoms with Crippen molar-refractivity contribution in [3.63, 3.8) is 0 Å². The molecular weight excluding hydrogens is 290 g/mol. The standard InChI is InChI=1S/C19H15NOS/c21-18-12-6-4-8-15(18)14-20-17-11-5-7-13-19(17)22-16-9-2-1-3-10-16/h1-14,21H. The number of rotatable bonds is 4. The van der Waals surface area contributed by atoms with E-state index in [-0.39, 0.29) is 5.75 Å². The van der Waals surface area contributed by atoms with Gasteiger partial charge in [0.1, 0.15) is 5.75 Å². The van der Waals surface area contributed by atoms with Crippen molar-refractivity contribution in [1.82, 2.24) is 0 Å². The van der Waals surface area contributed by atoms with Gasteiger partial charge in [0, 0.05) is 21.6 Å². The molecule has 0 aliphatic carbocycles. The first-order chi connectivity index (χ1) is 10.8. The molecule has 0 aromatic heterocycles. The molecule has 0 aliphatic heterocycles. The predicted octanol–water partition coefficient (Wildman–Crippen LogP) is 5.29. The molecule has 0 fully saturated rings. The highest BCUT2D eigenvalue weighted by atomic mass is 32.2. The molecule has 0 atom stereocenters. The van der Waals surface area contributed by atoms with Gasteiger partial charge in [-0.05, 0) is 36.4 Å². The van der Waals surface area contributed by atoms with Gasteiger partial charge in [0.25, 0.3) is 0 Å². The van der Waals surface area contributed by atoms with Crippen LogP contribution < -0.4 is 0 Å². The molecule has 0 unspecified atom stereocenters. The summed E-state index contributed by atoms with van der Waals surface area (Å²) >= 11 is 1.68. The lowest BCUT2D eigenvalue weighted by atomic mass is 10.2. The second-order valence-corrected chi connectivity index (χ2v) is 5.82. The maximum atomic E-state index is 9.80. The fraction of sp³-hybridized carbons (Fsp3) is 0. The Hall–Kier alpha value is -2.52. The topological polar surface area (TPSA) is 32.6 Å². The first-order valence-electron chi connectivity index (χ1n) is 6.97. The van der Waals surface area contributed by atoms with Crippen LogP contribution >= 0.6 is 11.8 Å². The van der Waals surface area contributed by atoms with Crippen LogP contribution in [-0.4, -0.2) is 11.3 Å². The van der Waals surface area contributed by atoms with E-state index in [1.807, 2.05) is 48.5 Å². The third-order valence-electron chi connectivity index (χ3n) is 3.12. The molecule has 3 aromatic rings. The van der Waals surface area contributed by atoms with Gasteiger partial charge < -0.3 is 5.11 Å². The van der Waals surface area contributed by atoms with E-state index >= 15 is 0 Å². The number of hydrogen-bond donors (Lipinski definition) is 1. The molecule has 3 heteroatoms. The summed E-state index contributed by atoms with van der Waals surface area (Å²) in [6.45, 7) is 0. The van der Waals surface area contributed by atoms with Crippen LogP contribution in [0.3, 0.4) is 0 Å². The maximum absolute atomic E-state index is 9.80. The number of phenolic OH excluding ortho intramolecular Hbond substituents is 1. The Labute approximate surface area is 134 Å². The van der Waals surface area contributed by atoms with Crippen molar-refractivity contribution in [1.29, 1.82) is 0 Å². The van der Waals surface area contributed by atoms with Crippen molar-refractivity contribution in [2.45, 2.75) is 9.79 Å². The summed E-state index contributed by atoms with van der Waals surface area (Å²) in [6.07, 6.45) is 1.69. The van der Waals surface area contributed by atoms with E-state index in [1.165, 1.54) is 4.90 Å². The Bertz CT molecular complexity index is 784. The fourth-order valence-electron chi connectivity index (χ4n) is 2.00. The number of aromatic hydroxyl groups is 1. The number of phenols is 1. The van der Waals surface area contributed by atoms with Gasteiger partial charge in [-0.15, -0.1) is 0 Å². The van der Waals surface area contributed by atoms with Crippen molar-refractivity contribution >= 4 is 23.7 Å². The SMILES string of the molecule is Oc1ccccc1C=Nc1ccccc1Sc1ccccc1. The maximum Gasteiger partial charge on any atom is 0.124 e. The van der Waals surface area contributed by atoms with Gasteiger partial charge in [-0.2, -0.15) is 0 Å². The molecule has 0 aliphatic rings. The summed E-state index contributed by atoms with van der Waals surface area (Å²) in [5, 5.41) is 9.80. The Morgan fingerprint density at radius 3 is 2.27 bits per heavy atom. The van der Waals surface area contributed by atoms with E-state index in [0.29, 0.717) is 5.56 Å². The van der Waals surface area contributed by atoms with Crippen molar-refractivity contribution in [3.05, 3.63) is 84.4 Å². The largest absolute Gasteiger partial charge is 0.507 e. The van der Waals surface area contributed by atoms with E-state index in [1.54, 1.807) is 30.1 Å². The average Bonchev–Trinajstić information content (AvgIpc) is 2.56. The quantitative estimate of drug-likeness (QED) is 0.664. The molecule has 22 heavy (non-hydrogen) atoms. The van der Waals surface area contributed by atoms with Gasteiger partial charge >= 0.3 is 0 Å². The summed E-state index contributed by atoms with van der Waals surface area (Å²) in [7, 11) is 0. The minimum absolute atomic E-state index is 0.236. The Kier molecular flexibility index (Phi) is 4.56. The van der Waals surface area contributed by atoms with Crippen LogP contribution in [0.25, 0.3) is 0 Å². The molecule has 0 amide bonds. The van der Waals surface area contributed by atoms with Gasteiger partial charge in [-0.3, -0.25) is 4.99 Å². The van der Waals surface area contributed by atoms with Crippen molar-refractivity contribution in [2.24, 2.45) is 4.99 Å². The Balaban J connectivity index is 1.87. The first kappa shape index (κ1) is 14.4. The van der Waals surface area contributed by atoms with E-state index < -0.39 is 0 Å². The minimum atomic E-state index is 0.236. The summed E-state index contributed by atoms with van der Waals surface area (Å²) in [5.74, 6) is 0.236. The molecule has 1 N–H and O–H groups in total. The predicted molar refractivity (Wildman–Crippen MR) is 92.4 cm³/mol. The van der Waals surface area contributed by atoms with Crippen LogP contribution in [0.15, 0.2) is 93.6 Å². The highest BCUT2D eigenvalue weighted by Gasteiger charge is 2.03. The Morgan fingerprint density at radius 2 is 1.45 bits per heavy atom. The normalized spacial score (nSPS) is 10.9. The van der Waals surface area contributed by atoms with Crippen LogP contribution in [0.4, 0.5) is 5.69 Å².